The van der Waals surface area contributed by atoms with E-state index in [9.17, 15) is 13.2 Å². The van der Waals surface area contributed by atoms with E-state index in [2.05, 4.69) is 20.9 Å². The molecule has 2 aromatic heterocycles. The van der Waals surface area contributed by atoms with Gasteiger partial charge >= 0.3 is 6.18 Å². The average molecular weight is 363 g/mol. The smallest absolute Gasteiger partial charge is 0.416 e. The molecule has 0 amide bonds. The summed E-state index contributed by atoms with van der Waals surface area (Å²) >= 11 is 1.34. The Labute approximate surface area is 145 Å². The van der Waals surface area contributed by atoms with Crippen LogP contribution in [0.3, 0.4) is 0 Å². The minimum absolute atomic E-state index is 0.168. The van der Waals surface area contributed by atoms with E-state index in [1.165, 1.54) is 17.8 Å². The van der Waals surface area contributed by atoms with Gasteiger partial charge in [-0.3, -0.25) is 4.98 Å². The number of alkyl halides is 3. The number of nitrogens with one attached hydrogen (secondary N) is 1. The van der Waals surface area contributed by atoms with Crippen LogP contribution in [-0.2, 0) is 11.9 Å². The van der Waals surface area contributed by atoms with E-state index in [1.807, 2.05) is 0 Å². The number of nitrogens with zero attached hydrogens (tertiary/aromatic N) is 2. The largest absolute Gasteiger partial charge is 0.481 e. The molecule has 0 radical (unpaired) electrons. The fourth-order valence-corrected chi connectivity index (χ4v) is 2.91. The summed E-state index contributed by atoms with van der Waals surface area (Å²) in [4.78, 5) is 11.4. The third-order valence-corrected chi connectivity index (χ3v) is 4.16. The lowest BCUT2D eigenvalue weighted by atomic mass is 10.2. The van der Waals surface area contributed by atoms with Crippen LogP contribution in [0, 0.1) is 12.3 Å². The van der Waals surface area contributed by atoms with Crippen LogP contribution in [0.1, 0.15) is 11.3 Å². The number of ether oxygens (including phenoxy) is 1. The van der Waals surface area contributed by atoms with Gasteiger partial charge in [0, 0.05) is 18.0 Å². The number of aromatic nitrogens is 3. The molecule has 0 atom stereocenters. The highest BCUT2D eigenvalue weighted by atomic mass is 32.2. The van der Waals surface area contributed by atoms with Gasteiger partial charge in [-0.1, -0.05) is 17.7 Å². The number of hydrogen-bond donors (Lipinski definition) is 1. The summed E-state index contributed by atoms with van der Waals surface area (Å²) < 4.78 is 43.6. The molecular formula is C17H12F3N3OS. The van der Waals surface area contributed by atoms with Crippen LogP contribution < -0.4 is 4.74 Å². The van der Waals surface area contributed by atoms with Gasteiger partial charge in [-0.25, -0.2) is 4.98 Å². The molecule has 128 valence electrons. The van der Waals surface area contributed by atoms with Crippen molar-refractivity contribution >= 4 is 22.8 Å². The van der Waals surface area contributed by atoms with E-state index in [0.717, 1.165) is 17.8 Å². The Kier molecular flexibility index (Phi) is 4.86. The predicted octanol–water partition coefficient (Wildman–Crippen LogP) is 4.28. The number of rotatable bonds is 5. The van der Waals surface area contributed by atoms with Crippen molar-refractivity contribution in [3.8, 4) is 18.1 Å². The number of benzene rings is 1. The van der Waals surface area contributed by atoms with Crippen molar-refractivity contribution in [3.05, 3.63) is 47.8 Å². The quantitative estimate of drug-likeness (QED) is 0.543. The molecule has 8 heteroatoms. The number of terminal acetylenes is 1. The van der Waals surface area contributed by atoms with Gasteiger partial charge in [0.25, 0.3) is 0 Å². The van der Waals surface area contributed by atoms with Crippen LogP contribution in [0.5, 0.6) is 5.75 Å². The third-order valence-electron chi connectivity index (χ3n) is 3.25. The fourth-order valence-electron chi connectivity index (χ4n) is 2.12. The molecule has 0 aliphatic rings. The maximum absolute atomic E-state index is 12.7. The maximum atomic E-state index is 12.7. The Balaban J connectivity index is 1.72. The van der Waals surface area contributed by atoms with E-state index in [-0.39, 0.29) is 6.61 Å². The Morgan fingerprint density at radius 1 is 1.24 bits per heavy atom. The van der Waals surface area contributed by atoms with Gasteiger partial charge in [-0.05, 0) is 24.3 Å². The van der Waals surface area contributed by atoms with Gasteiger partial charge in [0.15, 0.2) is 5.16 Å². The number of halogens is 3. The van der Waals surface area contributed by atoms with Gasteiger partial charge in [0.2, 0.25) is 0 Å². The first-order valence-corrected chi connectivity index (χ1v) is 8.15. The summed E-state index contributed by atoms with van der Waals surface area (Å²) in [6.07, 6.45) is 2.37. The van der Waals surface area contributed by atoms with Crippen molar-refractivity contribution in [2.45, 2.75) is 17.1 Å². The van der Waals surface area contributed by atoms with Crippen LogP contribution in [-0.4, -0.2) is 21.6 Å². The van der Waals surface area contributed by atoms with Crippen LogP contribution in [0.2, 0.25) is 0 Å². The first-order chi connectivity index (χ1) is 12.0. The maximum Gasteiger partial charge on any atom is 0.416 e. The minimum atomic E-state index is -4.38. The van der Waals surface area contributed by atoms with E-state index >= 15 is 0 Å². The van der Waals surface area contributed by atoms with Crippen LogP contribution in [0.4, 0.5) is 13.2 Å². The average Bonchev–Trinajstić information content (AvgIpc) is 3.00. The molecular weight excluding hydrogens is 351 g/mol. The molecule has 4 nitrogen and oxygen atoms in total. The number of hydrogen-bond acceptors (Lipinski definition) is 4. The second kappa shape index (κ2) is 7.07. The number of H-pyrrole nitrogens is 1. The van der Waals surface area contributed by atoms with E-state index < -0.39 is 11.7 Å². The van der Waals surface area contributed by atoms with E-state index in [1.54, 1.807) is 18.3 Å². The highest BCUT2D eigenvalue weighted by molar-refractivity contribution is 7.98. The highest BCUT2D eigenvalue weighted by Gasteiger charge is 2.30. The highest BCUT2D eigenvalue weighted by Crippen LogP contribution is 2.32. The second-order valence-corrected chi connectivity index (χ2v) is 6.00. The number of imidazole rings is 1. The summed E-state index contributed by atoms with van der Waals surface area (Å²) in [6.45, 7) is 0.168. The zero-order valence-electron chi connectivity index (χ0n) is 12.8. The normalized spacial score (nSPS) is 11.4. The predicted molar refractivity (Wildman–Crippen MR) is 89.2 cm³/mol. The lowest BCUT2D eigenvalue weighted by molar-refractivity contribution is -0.137. The van der Waals surface area contributed by atoms with Crippen molar-refractivity contribution in [2.24, 2.45) is 0 Å². The van der Waals surface area contributed by atoms with Crippen molar-refractivity contribution in [2.75, 3.05) is 6.61 Å². The topological polar surface area (TPSA) is 50.8 Å². The molecule has 25 heavy (non-hydrogen) atoms. The first kappa shape index (κ1) is 17.2. The summed E-state index contributed by atoms with van der Waals surface area (Å²) in [5.74, 6) is 3.48. The Hall–Kier alpha value is -2.66. The molecule has 2 heterocycles. The van der Waals surface area contributed by atoms with Crippen molar-refractivity contribution < 1.29 is 17.9 Å². The van der Waals surface area contributed by atoms with Gasteiger partial charge < -0.3 is 9.72 Å². The third kappa shape index (κ3) is 4.25. The van der Waals surface area contributed by atoms with Gasteiger partial charge in [-0.2, -0.15) is 13.2 Å². The first-order valence-electron chi connectivity index (χ1n) is 7.16. The minimum Gasteiger partial charge on any atom is -0.481 e. The molecule has 0 bridgehead atoms. The van der Waals surface area contributed by atoms with Crippen molar-refractivity contribution in [3.63, 3.8) is 0 Å². The summed E-state index contributed by atoms with van der Waals surface area (Å²) in [5.41, 5.74) is 0.863. The van der Waals surface area contributed by atoms with Crippen LogP contribution in [0.15, 0.2) is 41.7 Å². The van der Waals surface area contributed by atoms with Gasteiger partial charge in [-0.15, -0.1) is 6.42 Å². The number of aromatic amines is 1. The fraction of sp³-hybridized carbons (Fsp3) is 0.176. The van der Waals surface area contributed by atoms with Gasteiger partial charge in [0.05, 0.1) is 22.3 Å². The molecule has 0 aliphatic carbocycles. The van der Waals surface area contributed by atoms with Gasteiger partial charge in [0.1, 0.15) is 12.4 Å². The molecule has 0 aliphatic heterocycles. The molecule has 0 unspecified atom stereocenters. The lowest BCUT2D eigenvalue weighted by Crippen LogP contribution is -2.04. The SMILES string of the molecule is C#CCOc1ccnc(CSc2nc3ccc(C(F)(F)F)cc3[nH]2)c1. The molecule has 3 aromatic rings. The van der Waals surface area contributed by atoms with Crippen molar-refractivity contribution in [1.82, 2.24) is 15.0 Å². The monoisotopic (exact) mass is 363 g/mol. The lowest BCUT2D eigenvalue weighted by Gasteiger charge is -2.05. The molecule has 3 rings (SSSR count). The number of thioether (sulfide) groups is 1. The van der Waals surface area contributed by atoms with Crippen LogP contribution in [0.25, 0.3) is 11.0 Å². The molecule has 0 fully saturated rings. The summed E-state index contributed by atoms with van der Waals surface area (Å²) in [6, 6.07) is 6.88. The van der Waals surface area contributed by atoms with E-state index in [0.29, 0.717) is 27.7 Å². The zero-order chi connectivity index (χ0) is 17.9. The molecule has 0 saturated heterocycles. The Bertz CT molecular complexity index is 931. The van der Waals surface area contributed by atoms with Crippen molar-refractivity contribution in [1.29, 1.82) is 0 Å². The zero-order valence-corrected chi connectivity index (χ0v) is 13.6. The number of fused-ring (bicyclic) bond motifs is 1. The number of pyridine rings is 1. The summed E-state index contributed by atoms with van der Waals surface area (Å²) in [7, 11) is 0. The molecule has 0 saturated carbocycles. The summed E-state index contributed by atoms with van der Waals surface area (Å²) in [5, 5.41) is 0.520. The second-order valence-electron chi connectivity index (χ2n) is 5.04. The molecule has 0 spiro atoms. The molecule has 1 aromatic carbocycles. The molecule has 1 N–H and O–H groups in total. The van der Waals surface area contributed by atoms with E-state index in [4.69, 9.17) is 11.2 Å². The Morgan fingerprint density at radius 2 is 2.08 bits per heavy atom. The standard InChI is InChI=1S/C17H12F3N3OS/c1-2-7-24-13-5-6-21-12(9-13)10-25-16-22-14-4-3-11(17(18,19)20)8-15(14)23-16/h1,3-6,8-9H,7,10H2,(H,22,23). The Morgan fingerprint density at radius 3 is 2.84 bits per heavy atom. The van der Waals surface area contributed by atoms with Crippen LogP contribution >= 0.6 is 11.8 Å².